The summed E-state index contributed by atoms with van der Waals surface area (Å²) in [6, 6.07) is 0. The Kier molecular flexibility index (Phi) is 6.44. The third-order valence-corrected chi connectivity index (χ3v) is 4.73. The maximum Gasteiger partial charge on any atom is 0.273 e. The first-order valence-corrected chi connectivity index (χ1v) is 8.30. The molecule has 0 aromatic carbocycles. The molecule has 0 radical (unpaired) electrons. The predicted molar refractivity (Wildman–Crippen MR) is 88.6 cm³/mol. The SMILES string of the molecule is Cl.NC1(CNC(=O)c2ncoc2[C@@H]2CCCO2)CCCCCC1. The van der Waals surface area contributed by atoms with Crippen molar-refractivity contribution < 1.29 is 13.9 Å². The van der Waals surface area contributed by atoms with Gasteiger partial charge in [0.25, 0.3) is 5.91 Å². The van der Waals surface area contributed by atoms with Gasteiger partial charge >= 0.3 is 0 Å². The van der Waals surface area contributed by atoms with Crippen molar-refractivity contribution in [2.75, 3.05) is 13.2 Å². The van der Waals surface area contributed by atoms with Crippen molar-refractivity contribution in [1.29, 1.82) is 0 Å². The smallest absolute Gasteiger partial charge is 0.273 e. The molecule has 2 aliphatic rings. The minimum Gasteiger partial charge on any atom is -0.445 e. The second-order valence-corrected chi connectivity index (χ2v) is 6.53. The van der Waals surface area contributed by atoms with Crippen molar-refractivity contribution in [3.8, 4) is 0 Å². The van der Waals surface area contributed by atoms with Crippen LogP contribution in [0.5, 0.6) is 0 Å². The summed E-state index contributed by atoms with van der Waals surface area (Å²) in [5, 5.41) is 2.94. The largest absolute Gasteiger partial charge is 0.445 e. The molecule has 0 unspecified atom stereocenters. The van der Waals surface area contributed by atoms with Gasteiger partial charge in [-0.2, -0.15) is 0 Å². The number of nitrogens with one attached hydrogen (secondary N) is 1. The summed E-state index contributed by atoms with van der Waals surface area (Å²) < 4.78 is 11.0. The number of amides is 1. The highest BCUT2D eigenvalue weighted by Gasteiger charge is 2.30. The molecule has 0 bridgehead atoms. The van der Waals surface area contributed by atoms with Crippen molar-refractivity contribution in [3.05, 3.63) is 17.8 Å². The van der Waals surface area contributed by atoms with Crippen molar-refractivity contribution >= 4 is 18.3 Å². The third-order valence-electron chi connectivity index (χ3n) is 4.73. The summed E-state index contributed by atoms with van der Waals surface area (Å²) in [7, 11) is 0. The standard InChI is InChI=1S/C16H25N3O3.ClH/c17-16(7-3-1-2-4-8-16)10-18-15(20)13-14(22-11-19-13)12-6-5-9-21-12;/h11-12H,1-10,17H2,(H,18,20);1H/t12-;/m0./s1. The monoisotopic (exact) mass is 343 g/mol. The van der Waals surface area contributed by atoms with Crippen LogP contribution < -0.4 is 11.1 Å². The van der Waals surface area contributed by atoms with Gasteiger partial charge in [-0.25, -0.2) is 4.98 Å². The van der Waals surface area contributed by atoms with E-state index in [4.69, 9.17) is 14.9 Å². The number of aromatic nitrogens is 1. The molecule has 1 saturated heterocycles. The van der Waals surface area contributed by atoms with E-state index in [0.717, 1.165) is 38.5 Å². The lowest BCUT2D eigenvalue weighted by Crippen LogP contribution is -2.50. The predicted octanol–water partition coefficient (Wildman–Crippen LogP) is 2.73. The number of nitrogens with two attached hydrogens (primary N) is 1. The van der Waals surface area contributed by atoms with Gasteiger partial charge in [-0.15, -0.1) is 12.4 Å². The highest BCUT2D eigenvalue weighted by Crippen LogP contribution is 2.30. The minimum absolute atomic E-state index is 0. The van der Waals surface area contributed by atoms with Gasteiger partial charge in [0.05, 0.1) is 0 Å². The zero-order valence-corrected chi connectivity index (χ0v) is 14.2. The second kappa shape index (κ2) is 8.13. The van der Waals surface area contributed by atoms with Gasteiger partial charge in [0, 0.05) is 18.7 Å². The van der Waals surface area contributed by atoms with Crippen molar-refractivity contribution in [3.63, 3.8) is 0 Å². The van der Waals surface area contributed by atoms with Crippen molar-refractivity contribution in [2.24, 2.45) is 5.73 Å². The van der Waals surface area contributed by atoms with E-state index < -0.39 is 0 Å². The van der Waals surface area contributed by atoms with Crippen LogP contribution >= 0.6 is 12.4 Å². The molecule has 3 rings (SSSR count). The molecule has 1 atom stereocenters. The Balaban J connectivity index is 0.00000192. The number of ether oxygens (including phenoxy) is 1. The summed E-state index contributed by atoms with van der Waals surface area (Å²) in [5.41, 5.74) is 6.48. The highest BCUT2D eigenvalue weighted by molar-refractivity contribution is 5.93. The van der Waals surface area contributed by atoms with Gasteiger partial charge in [0.2, 0.25) is 0 Å². The average molecular weight is 344 g/mol. The Bertz CT molecular complexity index is 506. The Morgan fingerprint density at radius 2 is 2.04 bits per heavy atom. The molecule has 1 aliphatic carbocycles. The van der Waals surface area contributed by atoms with Gasteiger partial charge in [-0.05, 0) is 25.7 Å². The number of carbonyl (C=O) groups excluding carboxylic acids is 1. The van der Waals surface area contributed by atoms with Gasteiger partial charge in [0.1, 0.15) is 6.10 Å². The van der Waals surface area contributed by atoms with E-state index in [1.54, 1.807) is 0 Å². The lowest BCUT2D eigenvalue weighted by Gasteiger charge is -2.28. The molecular formula is C16H26ClN3O3. The van der Waals surface area contributed by atoms with Gasteiger partial charge < -0.3 is 20.2 Å². The molecule has 1 aromatic heterocycles. The second-order valence-electron chi connectivity index (χ2n) is 6.53. The minimum atomic E-state index is -0.292. The molecule has 6 nitrogen and oxygen atoms in total. The maximum absolute atomic E-state index is 12.4. The van der Waals surface area contributed by atoms with Crippen LogP contribution in [0.15, 0.2) is 10.8 Å². The van der Waals surface area contributed by atoms with Gasteiger partial charge in [-0.1, -0.05) is 25.7 Å². The van der Waals surface area contributed by atoms with Crippen LogP contribution in [-0.4, -0.2) is 29.6 Å². The summed E-state index contributed by atoms with van der Waals surface area (Å²) in [5.74, 6) is 0.329. The van der Waals surface area contributed by atoms with Gasteiger partial charge in [0.15, 0.2) is 17.8 Å². The highest BCUT2D eigenvalue weighted by atomic mass is 35.5. The van der Waals surface area contributed by atoms with Crippen LogP contribution in [0.25, 0.3) is 0 Å². The van der Waals surface area contributed by atoms with E-state index in [0.29, 0.717) is 24.6 Å². The van der Waals surface area contributed by atoms with Crippen LogP contribution in [-0.2, 0) is 4.74 Å². The first-order chi connectivity index (χ1) is 10.7. The van der Waals surface area contributed by atoms with Crippen molar-refractivity contribution in [1.82, 2.24) is 10.3 Å². The Morgan fingerprint density at radius 3 is 2.70 bits per heavy atom. The topological polar surface area (TPSA) is 90.4 Å². The average Bonchev–Trinajstić information content (AvgIpc) is 3.15. The number of hydrogen-bond acceptors (Lipinski definition) is 5. The number of rotatable bonds is 4. The van der Waals surface area contributed by atoms with Crippen molar-refractivity contribution in [2.45, 2.75) is 63.0 Å². The number of nitrogens with zero attached hydrogens (tertiary/aromatic N) is 1. The zero-order valence-electron chi connectivity index (χ0n) is 13.4. The van der Waals surface area contributed by atoms with E-state index in [1.165, 1.54) is 19.2 Å². The number of halogens is 1. The molecule has 23 heavy (non-hydrogen) atoms. The summed E-state index contributed by atoms with van der Waals surface area (Å²) in [4.78, 5) is 16.5. The quantitative estimate of drug-likeness (QED) is 0.820. The van der Waals surface area contributed by atoms with E-state index in [1.807, 2.05) is 0 Å². The number of carbonyl (C=O) groups is 1. The van der Waals surface area contributed by atoms with Crippen LogP contribution in [0.4, 0.5) is 0 Å². The molecule has 1 amide bonds. The van der Waals surface area contributed by atoms with E-state index >= 15 is 0 Å². The molecule has 7 heteroatoms. The Labute approximate surface area is 142 Å². The fourth-order valence-corrected chi connectivity index (χ4v) is 3.39. The van der Waals surface area contributed by atoms with E-state index in [2.05, 4.69) is 10.3 Å². The molecule has 1 aliphatic heterocycles. The number of hydrogen-bond donors (Lipinski definition) is 2. The number of oxazole rings is 1. The summed E-state index contributed by atoms with van der Waals surface area (Å²) >= 11 is 0. The molecule has 1 aromatic rings. The lowest BCUT2D eigenvalue weighted by molar-refractivity contribution is 0.0855. The lowest BCUT2D eigenvalue weighted by atomic mass is 9.91. The normalized spacial score (nSPS) is 23.8. The molecular weight excluding hydrogens is 318 g/mol. The molecule has 3 N–H and O–H groups in total. The summed E-state index contributed by atoms with van der Waals surface area (Å²) in [6.07, 6.45) is 9.70. The molecule has 1 saturated carbocycles. The molecule has 2 heterocycles. The van der Waals surface area contributed by atoms with Crippen LogP contribution in [0.2, 0.25) is 0 Å². The fraction of sp³-hybridized carbons (Fsp3) is 0.750. The fourth-order valence-electron chi connectivity index (χ4n) is 3.39. The van der Waals surface area contributed by atoms with E-state index in [-0.39, 0.29) is 30.0 Å². The third kappa shape index (κ3) is 4.46. The summed E-state index contributed by atoms with van der Waals surface area (Å²) in [6.45, 7) is 1.20. The van der Waals surface area contributed by atoms with Gasteiger partial charge in [-0.3, -0.25) is 4.79 Å². The Hall–Kier alpha value is -1.11. The van der Waals surface area contributed by atoms with E-state index in [9.17, 15) is 4.79 Å². The molecule has 130 valence electrons. The zero-order chi connectivity index (χ0) is 15.4. The Morgan fingerprint density at radius 1 is 1.30 bits per heavy atom. The van der Waals surface area contributed by atoms with Crippen LogP contribution in [0, 0.1) is 0 Å². The maximum atomic E-state index is 12.4. The first-order valence-electron chi connectivity index (χ1n) is 8.30. The molecule has 2 fully saturated rings. The first kappa shape index (κ1) is 18.2. The molecule has 0 spiro atoms. The van der Waals surface area contributed by atoms with Crippen LogP contribution in [0.1, 0.15) is 73.7 Å². The van der Waals surface area contributed by atoms with Crippen LogP contribution in [0.3, 0.4) is 0 Å².